The molecule has 0 radical (unpaired) electrons. The number of alkyl carbamates (subject to hydrolysis) is 1. The van der Waals surface area contributed by atoms with Crippen molar-refractivity contribution in [3.8, 4) is 11.1 Å². The van der Waals surface area contributed by atoms with E-state index in [4.69, 9.17) is 4.74 Å². The molecule has 37 heavy (non-hydrogen) atoms. The monoisotopic (exact) mass is 513 g/mol. The number of alkyl halides is 3. The fourth-order valence-electron chi connectivity index (χ4n) is 3.64. The van der Waals surface area contributed by atoms with Gasteiger partial charge in [0.25, 0.3) is 0 Å². The van der Waals surface area contributed by atoms with Gasteiger partial charge in [0, 0.05) is 35.2 Å². The number of ether oxygens (including phenoxy) is 1. The Morgan fingerprint density at radius 3 is 2.38 bits per heavy atom. The fourth-order valence-corrected chi connectivity index (χ4v) is 3.64. The Labute approximate surface area is 210 Å². The molecule has 0 aliphatic heterocycles. The zero-order valence-corrected chi connectivity index (χ0v) is 20.5. The number of halogens is 3. The van der Waals surface area contributed by atoms with E-state index in [2.05, 4.69) is 15.7 Å². The topological polar surface area (TPSA) is 89.7 Å². The summed E-state index contributed by atoms with van der Waals surface area (Å²) in [4.78, 5) is 24.7. The minimum atomic E-state index is -4.41. The highest BCUT2D eigenvalue weighted by Crippen LogP contribution is 2.33. The number of hydrogen-bond acceptors (Lipinski definition) is 5. The van der Waals surface area contributed by atoms with Crippen molar-refractivity contribution in [3.63, 3.8) is 0 Å². The molecule has 11 heteroatoms. The van der Waals surface area contributed by atoms with E-state index >= 15 is 0 Å². The summed E-state index contributed by atoms with van der Waals surface area (Å²) in [5.41, 5.74) is 1.29. The maximum Gasteiger partial charge on any atom is 0.416 e. The van der Waals surface area contributed by atoms with Crippen LogP contribution < -0.4 is 16.3 Å². The Morgan fingerprint density at radius 1 is 1.00 bits per heavy atom. The van der Waals surface area contributed by atoms with Crippen LogP contribution in [0.15, 0.2) is 71.7 Å². The first-order valence-corrected chi connectivity index (χ1v) is 11.5. The Hall–Kier alpha value is -4.28. The maximum absolute atomic E-state index is 12.9. The first kappa shape index (κ1) is 25.8. The van der Waals surface area contributed by atoms with Crippen LogP contribution in [0, 0.1) is 0 Å². The molecule has 2 heterocycles. The van der Waals surface area contributed by atoms with E-state index in [1.54, 1.807) is 51.2 Å². The Kier molecular flexibility index (Phi) is 6.97. The van der Waals surface area contributed by atoms with Crippen LogP contribution in [0.2, 0.25) is 0 Å². The van der Waals surface area contributed by atoms with Crippen LogP contribution in [-0.2, 0) is 17.5 Å². The average Bonchev–Trinajstić information content (AvgIpc) is 3.13. The minimum Gasteiger partial charge on any atom is -0.444 e. The molecular weight excluding hydrogens is 487 g/mol. The lowest BCUT2D eigenvalue weighted by molar-refractivity contribution is -0.137. The molecule has 1 amide bonds. The van der Waals surface area contributed by atoms with E-state index in [-0.39, 0.29) is 18.8 Å². The lowest BCUT2D eigenvalue weighted by Crippen LogP contribution is -2.35. The molecule has 194 valence electrons. The molecule has 2 aromatic carbocycles. The molecule has 4 rings (SSSR count). The number of rotatable bonds is 6. The number of nitrogens with zero attached hydrogens (tertiary/aromatic N) is 3. The van der Waals surface area contributed by atoms with Gasteiger partial charge in [-0.15, -0.1) is 5.10 Å². The van der Waals surface area contributed by atoms with Crippen LogP contribution in [-0.4, -0.2) is 32.4 Å². The van der Waals surface area contributed by atoms with E-state index in [1.165, 1.54) is 21.2 Å². The summed E-state index contributed by atoms with van der Waals surface area (Å²) in [5.74, 6) is 0. The van der Waals surface area contributed by atoms with Crippen molar-refractivity contribution < 1.29 is 22.7 Å². The third kappa shape index (κ3) is 6.29. The maximum atomic E-state index is 12.9. The predicted molar refractivity (Wildman–Crippen MR) is 134 cm³/mol. The van der Waals surface area contributed by atoms with Gasteiger partial charge in [0.05, 0.1) is 12.1 Å². The predicted octanol–water partition coefficient (Wildman–Crippen LogP) is 5.45. The second-order valence-corrected chi connectivity index (χ2v) is 9.33. The number of anilines is 2. The molecule has 0 saturated carbocycles. The van der Waals surface area contributed by atoms with E-state index in [0.717, 1.165) is 17.7 Å². The molecule has 0 aliphatic carbocycles. The number of hydrogen-bond donors (Lipinski definition) is 2. The van der Waals surface area contributed by atoms with Crippen molar-refractivity contribution in [1.82, 2.24) is 19.5 Å². The average molecular weight is 514 g/mol. The summed E-state index contributed by atoms with van der Waals surface area (Å²) < 4.78 is 46.5. The Bertz CT molecular complexity index is 1470. The summed E-state index contributed by atoms with van der Waals surface area (Å²) >= 11 is 0. The molecule has 0 aliphatic rings. The van der Waals surface area contributed by atoms with Crippen LogP contribution in [0.25, 0.3) is 16.8 Å². The van der Waals surface area contributed by atoms with Gasteiger partial charge in [-0.1, -0.05) is 18.2 Å². The van der Waals surface area contributed by atoms with Gasteiger partial charge >= 0.3 is 18.0 Å². The molecule has 2 aromatic heterocycles. The first-order valence-electron chi connectivity index (χ1n) is 11.5. The number of carbonyl (C=O) groups excluding carboxylic acids is 1. The van der Waals surface area contributed by atoms with Gasteiger partial charge in [-0.3, -0.25) is 0 Å². The molecule has 0 saturated heterocycles. The molecule has 4 aromatic rings. The Balaban J connectivity index is 1.54. The largest absolute Gasteiger partial charge is 0.444 e. The molecule has 0 spiro atoms. The summed E-state index contributed by atoms with van der Waals surface area (Å²) in [6.07, 6.45) is -3.34. The molecule has 0 bridgehead atoms. The molecule has 0 fully saturated rings. The lowest BCUT2D eigenvalue weighted by atomic mass is 10.1. The van der Waals surface area contributed by atoms with Crippen LogP contribution >= 0.6 is 0 Å². The number of pyridine rings is 1. The highest BCUT2D eigenvalue weighted by Gasteiger charge is 2.30. The smallest absolute Gasteiger partial charge is 0.416 e. The van der Waals surface area contributed by atoms with Crippen molar-refractivity contribution in [2.45, 2.75) is 39.1 Å². The summed E-state index contributed by atoms with van der Waals surface area (Å²) in [6.45, 7) is 5.59. The van der Waals surface area contributed by atoms with Crippen molar-refractivity contribution in [2.75, 3.05) is 11.9 Å². The van der Waals surface area contributed by atoms with Gasteiger partial charge in [-0.25, -0.2) is 18.7 Å². The highest BCUT2D eigenvalue weighted by atomic mass is 19.4. The van der Waals surface area contributed by atoms with Gasteiger partial charge in [-0.2, -0.15) is 13.2 Å². The van der Waals surface area contributed by atoms with Crippen LogP contribution in [0.4, 0.5) is 29.3 Å². The number of fused-ring (bicyclic) bond motifs is 1. The standard InChI is InChI=1S/C26H26F3N5O3/c1-25(2,3)37-23(35)30-14-15-34-24(36)33-16-17(8-13-22(33)32-34)20-6-4-5-7-21(20)31-19-11-9-18(10-12-19)26(27,28)29/h4-13,16,31H,14-15H2,1-3H3,(H,30,35). The summed E-state index contributed by atoms with van der Waals surface area (Å²) in [6, 6.07) is 15.5. The molecule has 0 unspecified atom stereocenters. The quantitative estimate of drug-likeness (QED) is 0.358. The van der Waals surface area contributed by atoms with Crippen LogP contribution in [0.3, 0.4) is 0 Å². The summed E-state index contributed by atoms with van der Waals surface area (Å²) in [7, 11) is 0. The lowest BCUT2D eigenvalue weighted by Gasteiger charge is -2.19. The molecule has 8 nitrogen and oxygen atoms in total. The molecule has 2 N–H and O–H groups in total. The van der Waals surface area contributed by atoms with E-state index < -0.39 is 23.4 Å². The second kappa shape index (κ2) is 10.00. The van der Waals surface area contributed by atoms with Gasteiger partial charge in [0.2, 0.25) is 0 Å². The van der Waals surface area contributed by atoms with Gasteiger partial charge in [-0.05, 0) is 63.2 Å². The number of benzene rings is 2. The van der Waals surface area contributed by atoms with Gasteiger partial charge in [0.1, 0.15) is 5.60 Å². The SMILES string of the molecule is CC(C)(C)OC(=O)NCCn1nc2ccc(-c3ccccc3Nc3ccc(C(F)(F)F)cc3)cn2c1=O. The number of amides is 1. The summed E-state index contributed by atoms with van der Waals surface area (Å²) in [5, 5.41) is 10.0. The van der Waals surface area contributed by atoms with Crippen LogP contribution in [0.5, 0.6) is 0 Å². The number of para-hydroxylation sites is 1. The van der Waals surface area contributed by atoms with Crippen molar-refractivity contribution in [3.05, 3.63) is 82.9 Å². The van der Waals surface area contributed by atoms with E-state index in [0.29, 0.717) is 22.6 Å². The normalized spacial score (nSPS) is 11.9. The van der Waals surface area contributed by atoms with Gasteiger partial charge < -0.3 is 15.4 Å². The first-order chi connectivity index (χ1) is 17.4. The van der Waals surface area contributed by atoms with Crippen molar-refractivity contribution >= 4 is 23.1 Å². The van der Waals surface area contributed by atoms with E-state index in [1.807, 2.05) is 12.1 Å². The fraction of sp³-hybridized carbons (Fsp3) is 0.269. The third-order valence-electron chi connectivity index (χ3n) is 5.30. The zero-order valence-electron chi connectivity index (χ0n) is 20.5. The number of carbonyl (C=O) groups is 1. The van der Waals surface area contributed by atoms with Gasteiger partial charge in [0.15, 0.2) is 5.65 Å². The minimum absolute atomic E-state index is 0.154. The van der Waals surface area contributed by atoms with Crippen molar-refractivity contribution in [1.29, 1.82) is 0 Å². The second-order valence-electron chi connectivity index (χ2n) is 9.33. The highest BCUT2D eigenvalue weighted by molar-refractivity contribution is 5.81. The third-order valence-corrected chi connectivity index (χ3v) is 5.30. The van der Waals surface area contributed by atoms with E-state index in [9.17, 15) is 22.8 Å². The Morgan fingerprint density at radius 2 is 1.70 bits per heavy atom. The molecule has 0 atom stereocenters. The van der Waals surface area contributed by atoms with Crippen molar-refractivity contribution in [2.24, 2.45) is 0 Å². The van der Waals surface area contributed by atoms with Crippen LogP contribution in [0.1, 0.15) is 26.3 Å². The molecular formula is C26H26F3N5O3. The zero-order chi connectivity index (χ0) is 26.8. The number of aromatic nitrogens is 3. The number of nitrogens with one attached hydrogen (secondary N) is 2.